The Kier molecular flexibility index (Phi) is 5.83. The molecule has 1 aromatic carbocycles. The first-order valence-electron chi connectivity index (χ1n) is 8.27. The van der Waals surface area contributed by atoms with Crippen molar-refractivity contribution >= 4 is 21.6 Å². The second-order valence-electron chi connectivity index (χ2n) is 7.40. The Labute approximate surface area is 147 Å². The monoisotopic (exact) mass is 374 g/mol. The highest BCUT2D eigenvalue weighted by Gasteiger charge is 2.34. The Balaban J connectivity index is 1.89. The summed E-state index contributed by atoms with van der Waals surface area (Å²) >= 11 is 0. The highest BCUT2D eigenvalue weighted by molar-refractivity contribution is 7.90. The van der Waals surface area contributed by atoms with Crippen LogP contribution in [-0.4, -0.2) is 25.1 Å². The molecule has 0 aromatic heterocycles. The SMILES string of the molecule is CC(C)(C)S(=O)(=O)NC1CCC(C(=O)Nc2ccc(F)c(F)c2)CC1. The molecule has 0 saturated heterocycles. The second-order valence-corrected chi connectivity index (χ2v) is 9.87. The Morgan fingerprint density at radius 2 is 1.68 bits per heavy atom. The van der Waals surface area contributed by atoms with Gasteiger partial charge in [-0.3, -0.25) is 4.79 Å². The normalized spacial score (nSPS) is 21.8. The van der Waals surface area contributed by atoms with Crippen LogP contribution in [0.3, 0.4) is 0 Å². The number of benzene rings is 1. The van der Waals surface area contributed by atoms with Gasteiger partial charge in [0, 0.05) is 23.7 Å². The van der Waals surface area contributed by atoms with Gasteiger partial charge in [-0.1, -0.05) is 0 Å². The number of rotatable bonds is 4. The van der Waals surface area contributed by atoms with Gasteiger partial charge in [0.25, 0.3) is 0 Å². The first-order chi connectivity index (χ1) is 11.5. The summed E-state index contributed by atoms with van der Waals surface area (Å²) in [5.74, 6) is -2.52. The van der Waals surface area contributed by atoms with Crippen molar-refractivity contribution in [3.8, 4) is 0 Å². The topological polar surface area (TPSA) is 75.3 Å². The lowest BCUT2D eigenvalue weighted by Gasteiger charge is -2.30. The number of anilines is 1. The minimum atomic E-state index is -3.42. The van der Waals surface area contributed by atoms with Crippen LogP contribution in [0, 0.1) is 17.6 Å². The van der Waals surface area contributed by atoms with Crippen molar-refractivity contribution in [2.24, 2.45) is 5.92 Å². The van der Waals surface area contributed by atoms with Gasteiger partial charge in [-0.2, -0.15) is 0 Å². The molecule has 0 radical (unpaired) electrons. The third kappa shape index (κ3) is 4.98. The molecule has 1 aliphatic rings. The Bertz CT molecular complexity index is 737. The number of hydrogen-bond acceptors (Lipinski definition) is 3. The average Bonchev–Trinajstić information content (AvgIpc) is 2.50. The van der Waals surface area contributed by atoms with Gasteiger partial charge in [0.2, 0.25) is 15.9 Å². The molecule has 5 nitrogen and oxygen atoms in total. The maximum absolute atomic E-state index is 13.2. The van der Waals surface area contributed by atoms with Crippen molar-refractivity contribution in [3.05, 3.63) is 29.8 Å². The van der Waals surface area contributed by atoms with E-state index in [1.807, 2.05) is 0 Å². The van der Waals surface area contributed by atoms with Crippen LogP contribution in [0.1, 0.15) is 46.5 Å². The van der Waals surface area contributed by atoms with Crippen molar-refractivity contribution < 1.29 is 22.0 Å². The van der Waals surface area contributed by atoms with E-state index in [4.69, 9.17) is 0 Å². The van der Waals surface area contributed by atoms with Crippen LogP contribution < -0.4 is 10.0 Å². The van der Waals surface area contributed by atoms with E-state index in [9.17, 15) is 22.0 Å². The van der Waals surface area contributed by atoms with E-state index in [0.717, 1.165) is 12.1 Å². The molecule has 0 spiro atoms. The summed E-state index contributed by atoms with van der Waals surface area (Å²) in [4.78, 5) is 12.2. The van der Waals surface area contributed by atoms with E-state index in [1.165, 1.54) is 6.07 Å². The Morgan fingerprint density at radius 3 is 2.20 bits per heavy atom. The molecule has 25 heavy (non-hydrogen) atoms. The molecular weight excluding hydrogens is 350 g/mol. The first-order valence-corrected chi connectivity index (χ1v) is 9.76. The van der Waals surface area contributed by atoms with E-state index in [-0.39, 0.29) is 23.6 Å². The predicted molar refractivity (Wildman–Crippen MR) is 92.5 cm³/mol. The lowest BCUT2D eigenvalue weighted by molar-refractivity contribution is -0.120. The van der Waals surface area contributed by atoms with Gasteiger partial charge >= 0.3 is 0 Å². The summed E-state index contributed by atoms with van der Waals surface area (Å²) in [7, 11) is -3.42. The number of sulfonamides is 1. The van der Waals surface area contributed by atoms with Crippen LogP contribution in [-0.2, 0) is 14.8 Å². The van der Waals surface area contributed by atoms with Crippen molar-refractivity contribution in [1.29, 1.82) is 0 Å². The van der Waals surface area contributed by atoms with Crippen LogP contribution in [0.25, 0.3) is 0 Å². The molecule has 8 heteroatoms. The zero-order valence-electron chi connectivity index (χ0n) is 14.6. The molecule has 0 heterocycles. The van der Waals surface area contributed by atoms with Crippen molar-refractivity contribution in [2.45, 2.75) is 57.2 Å². The van der Waals surface area contributed by atoms with Gasteiger partial charge in [-0.05, 0) is 58.6 Å². The summed E-state index contributed by atoms with van der Waals surface area (Å²) in [6, 6.07) is 3.02. The lowest BCUT2D eigenvalue weighted by atomic mass is 9.86. The number of carbonyl (C=O) groups is 1. The maximum atomic E-state index is 13.2. The average molecular weight is 374 g/mol. The quantitative estimate of drug-likeness (QED) is 0.850. The van der Waals surface area contributed by atoms with Gasteiger partial charge in [-0.25, -0.2) is 21.9 Å². The molecule has 2 rings (SSSR count). The van der Waals surface area contributed by atoms with E-state index >= 15 is 0 Å². The zero-order chi connectivity index (χ0) is 18.8. The zero-order valence-corrected chi connectivity index (χ0v) is 15.4. The fourth-order valence-corrected chi connectivity index (χ4v) is 3.72. The fraction of sp³-hybridized carbons (Fsp3) is 0.588. The summed E-state index contributed by atoms with van der Waals surface area (Å²) in [6.45, 7) is 4.91. The van der Waals surface area contributed by atoms with Crippen LogP contribution in [0.5, 0.6) is 0 Å². The van der Waals surface area contributed by atoms with Crippen LogP contribution in [0.2, 0.25) is 0 Å². The molecule has 0 aliphatic heterocycles. The van der Waals surface area contributed by atoms with Crippen LogP contribution in [0.15, 0.2) is 18.2 Å². The highest BCUT2D eigenvalue weighted by Crippen LogP contribution is 2.27. The van der Waals surface area contributed by atoms with Gasteiger partial charge in [0.05, 0.1) is 4.75 Å². The lowest BCUT2D eigenvalue weighted by Crippen LogP contribution is -2.46. The Hall–Kier alpha value is -1.54. The molecular formula is C17H24F2N2O3S. The largest absolute Gasteiger partial charge is 0.326 e. The standard InChI is InChI=1S/C17H24F2N2O3S/c1-17(2,3)25(23,24)21-12-6-4-11(5-7-12)16(22)20-13-8-9-14(18)15(19)10-13/h8-12,21H,4-7H2,1-3H3,(H,20,22). The van der Waals surface area contributed by atoms with Crippen molar-refractivity contribution in [2.75, 3.05) is 5.32 Å². The molecule has 0 atom stereocenters. The van der Waals surface area contributed by atoms with Crippen molar-refractivity contribution in [1.82, 2.24) is 4.72 Å². The second kappa shape index (κ2) is 7.37. The number of halogens is 2. The highest BCUT2D eigenvalue weighted by atomic mass is 32.2. The van der Waals surface area contributed by atoms with Crippen LogP contribution >= 0.6 is 0 Å². The summed E-state index contributed by atoms with van der Waals surface area (Å²) in [6.07, 6.45) is 2.19. The van der Waals surface area contributed by atoms with Gasteiger partial charge in [0.15, 0.2) is 11.6 Å². The number of nitrogens with one attached hydrogen (secondary N) is 2. The van der Waals surface area contributed by atoms with E-state index in [1.54, 1.807) is 20.8 Å². The molecule has 1 fully saturated rings. The Morgan fingerprint density at radius 1 is 1.08 bits per heavy atom. The van der Waals surface area contributed by atoms with E-state index < -0.39 is 26.4 Å². The smallest absolute Gasteiger partial charge is 0.227 e. The molecule has 1 amide bonds. The first kappa shape index (κ1) is 19.8. The maximum Gasteiger partial charge on any atom is 0.227 e. The van der Waals surface area contributed by atoms with Crippen LogP contribution in [0.4, 0.5) is 14.5 Å². The molecule has 0 unspecified atom stereocenters. The van der Waals surface area contributed by atoms with Gasteiger partial charge in [-0.15, -0.1) is 0 Å². The number of hydrogen-bond donors (Lipinski definition) is 2. The summed E-state index contributed by atoms with van der Waals surface area (Å²) < 4.78 is 52.3. The molecule has 1 aliphatic carbocycles. The number of carbonyl (C=O) groups excluding carboxylic acids is 1. The fourth-order valence-electron chi connectivity index (χ4n) is 2.69. The van der Waals surface area contributed by atoms with E-state index in [0.29, 0.717) is 25.7 Å². The van der Waals surface area contributed by atoms with E-state index in [2.05, 4.69) is 10.0 Å². The number of amides is 1. The van der Waals surface area contributed by atoms with Crippen molar-refractivity contribution in [3.63, 3.8) is 0 Å². The van der Waals surface area contributed by atoms with Gasteiger partial charge < -0.3 is 5.32 Å². The predicted octanol–water partition coefficient (Wildman–Crippen LogP) is 3.18. The minimum absolute atomic E-state index is 0.184. The molecule has 140 valence electrons. The van der Waals surface area contributed by atoms with Gasteiger partial charge in [0.1, 0.15) is 0 Å². The molecule has 0 bridgehead atoms. The molecule has 1 saturated carbocycles. The molecule has 1 aromatic rings. The summed E-state index contributed by atoms with van der Waals surface area (Å²) in [5, 5.41) is 2.58. The minimum Gasteiger partial charge on any atom is -0.326 e. The molecule has 2 N–H and O–H groups in total. The third-order valence-corrected chi connectivity index (χ3v) is 6.67. The summed E-state index contributed by atoms with van der Waals surface area (Å²) in [5.41, 5.74) is 0.208. The third-order valence-electron chi connectivity index (χ3n) is 4.41.